The van der Waals surface area contributed by atoms with Gasteiger partial charge in [0.05, 0.1) is 13.0 Å². The van der Waals surface area contributed by atoms with E-state index in [1.165, 1.54) is 0 Å². The molecule has 2 nitrogen and oxygen atoms in total. The van der Waals surface area contributed by atoms with Gasteiger partial charge in [0.15, 0.2) is 0 Å². The van der Waals surface area contributed by atoms with Crippen LogP contribution in [0, 0.1) is 32.1 Å². The summed E-state index contributed by atoms with van der Waals surface area (Å²) in [6, 6.07) is 9.58. The van der Waals surface area contributed by atoms with Gasteiger partial charge in [0.1, 0.15) is 0 Å². The fraction of sp³-hybridized carbons (Fsp3) is 0.200. The zero-order valence-corrected chi connectivity index (χ0v) is 15.1. The third kappa shape index (κ3) is 28.3. The Kier molecular flexibility index (Phi) is 11.0. The molecule has 0 bridgehead atoms. The Hall–Kier alpha value is -0.781. The van der Waals surface area contributed by atoms with Crippen molar-refractivity contribution in [2.75, 3.05) is 6.61 Å². The molecule has 0 saturated heterocycles. The number of carbonyl (C=O) groups excluding carboxylic acids is 1. The summed E-state index contributed by atoms with van der Waals surface area (Å²) in [6.45, 7) is 2.26. The first-order chi connectivity index (χ1) is 10.8. The fourth-order valence-electron chi connectivity index (χ4n) is 1.30. The van der Waals surface area contributed by atoms with Crippen LogP contribution in [0.25, 0.3) is 0 Å². The number of esters is 1. The molecule has 1 aromatic carbocycles. The number of hydrogen-bond acceptors (Lipinski definition) is 2. The summed E-state index contributed by atoms with van der Waals surface area (Å²) < 4.78 is 64.0. The summed E-state index contributed by atoms with van der Waals surface area (Å²) in [6.07, 6.45) is 10.4. The Balaban J connectivity index is 0. The minimum Gasteiger partial charge on any atom is -0.0312 e. The van der Waals surface area contributed by atoms with E-state index in [4.69, 9.17) is 4.74 Å². The van der Waals surface area contributed by atoms with Crippen LogP contribution in [0.2, 0.25) is 0 Å². The molecule has 1 fully saturated rings. The predicted octanol–water partition coefficient (Wildman–Crippen LogP) is 6.19. The SMILES string of the molecule is CCOC(=O)Cc1ccccc1.F[P-](F)(F)(F)(F)F.[CH]1[CH][CH][CH][CH]1.[Fe+2]. The summed E-state index contributed by atoms with van der Waals surface area (Å²) in [4.78, 5) is 11.0. The second-order valence-corrected chi connectivity index (χ2v) is 6.30. The van der Waals surface area contributed by atoms with Crippen molar-refractivity contribution in [3.8, 4) is 0 Å². The average molecular weight is 430 g/mol. The van der Waals surface area contributed by atoms with Gasteiger partial charge in [-0.25, -0.2) is 0 Å². The van der Waals surface area contributed by atoms with Gasteiger partial charge in [-0.15, -0.1) is 0 Å². The van der Waals surface area contributed by atoms with Gasteiger partial charge in [0.25, 0.3) is 0 Å². The third-order valence-corrected chi connectivity index (χ3v) is 2.05. The maximum absolute atomic E-state index is 11.0. The Morgan fingerprint density at radius 3 is 1.56 bits per heavy atom. The van der Waals surface area contributed by atoms with Crippen LogP contribution < -0.4 is 0 Å². The van der Waals surface area contributed by atoms with E-state index >= 15 is 0 Å². The largest absolute Gasteiger partial charge is 2.00 e. The molecule has 1 aliphatic carbocycles. The molecule has 1 saturated carbocycles. The zero-order chi connectivity index (χ0) is 18.8. The van der Waals surface area contributed by atoms with Crippen molar-refractivity contribution in [1.82, 2.24) is 0 Å². The van der Waals surface area contributed by atoms with Crippen molar-refractivity contribution in [2.45, 2.75) is 13.3 Å². The predicted molar refractivity (Wildman–Crippen MR) is 81.8 cm³/mol. The third-order valence-electron chi connectivity index (χ3n) is 2.05. The zero-order valence-electron chi connectivity index (χ0n) is 13.1. The quantitative estimate of drug-likeness (QED) is 0.247. The Morgan fingerprint density at radius 1 is 0.880 bits per heavy atom. The molecule has 25 heavy (non-hydrogen) atoms. The van der Waals surface area contributed by atoms with E-state index in [9.17, 15) is 30.0 Å². The van der Waals surface area contributed by atoms with Gasteiger partial charge in [0.2, 0.25) is 0 Å². The van der Waals surface area contributed by atoms with Gasteiger partial charge in [-0.2, -0.15) is 0 Å². The minimum atomic E-state index is -10.7. The van der Waals surface area contributed by atoms with Gasteiger partial charge >= 0.3 is 56.0 Å². The molecule has 0 amide bonds. The fourth-order valence-corrected chi connectivity index (χ4v) is 1.30. The van der Waals surface area contributed by atoms with Crippen LogP contribution in [-0.4, -0.2) is 12.6 Å². The maximum atomic E-state index is 11.0. The van der Waals surface area contributed by atoms with Crippen molar-refractivity contribution < 1.29 is 51.8 Å². The summed E-state index contributed by atoms with van der Waals surface area (Å²) in [5.41, 5.74) is 0.996. The van der Waals surface area contributed by atoms with Crippen molar-refractivity contribution >= 4 is 13.8 Å². The normalized spacial score (nSPS) is 15.8. The molecule has 0 unspecified atom stereocenters. The molecule has 2 rings (SSSR count). The summed E-state index contributed by atoms with van der Waals surface area (Å²) >= 11 is 0. The van der Waals surface area contributed by atoms with Crippen LogP contribution in [0.15, 0.2) is 30.3 Å². The standard InChI is InChI=1S/C10H12O2.C5H5.F6P.Fe/c1-2-12-10(11)8-9-6-4-3-5-7-9;1-2-4-5-3-1;1-7(2,3,4,5)6;/h3-7H,2,8H2,1H3;1-5H;;/q;;-1;+2. The van der Waals surface area contributed by atoms with E-state index in [0.717, 1.165) is 5.56 Å². The molecule has 0 atom stereocenters. The Labute approximate surface area is 154 Å². The molecule has 0 spiro atoms. The summed E-state index contributed by atoms with van der Waals surface area (Å²) in [7, 11) is -10.7. The Morgan fingerprint density at radius 2 is 1.24 bits per heavy atom. The number of carbonyl (C=O) groups is 1. The van der Waals surface area contributed by atoms with Crippen molar-refractivity contribution in [1.29, 1.82) is 0 Å². The first-order valence-electron chi connectivity index (χ1n) is 6.70. The van der Waals surface area contributed by atoms with Crippen molar-refractivity contribution in [3.63, 3.8) is 0 Å². The van der Waals surface area contributed by atoms with Crippen LogP contribution >= 0.6 is 7.81 Å². The first-order valence-corrected chi connectivity index (χ1v) is 8.73. The molecule has 5 radical (unpaired) electrons. The number of rotatable bonds is 3. The van der Waals surface area contributed by atoms with Crippen molar-refractivity contribution in [3.05, 3.63) is 68.0 Å². The van der Waals surface area contributed by atoms with Gasteiger partial charge in [0, 0.05) is 0 Å². The summed E-state index contributed by atoms with van der Waals surface area (Å²) in [5, 5.41) is 0. The molecule has 143 valence electrons. The van der Waals surface area contributed by atoms with E-state index in [0.29, 0.717) is 13.0 Å². The van der Waals surface area contributed by atoms with E-state index in [-0.39, 0.29) is 23.0 Å². The van der Waals surface area contributed by atoms with Gasteiger partial charge in [-0.3, -0.25) is 4.79 Å². The van der Waals surface area contributed by atoms with E-state index < -0.39 is 7.81 Å². The Bertz CT molecular complexity index is 470. The van der Waals surface area contributed by atoms with E-state index in [1.807, 2.05) is 69.4 Å². The first kappa shape index (κ1) is 26.4. The molecule has 0 aromatic heterocycles. The summed E-state index contributed by atoms with van der Waals surface area (Å²) in [5.74, 6) is -0.163. The molecule has 0 heterocycles. The van der Waals surface area contributed by atoms with Crippen molar-refractivity contribution in [2.24, 2.45) is 0 Å². The maximum Gasteiger partial charge on any atom is 2.00 e. The van der Waals surface area contributed by atoms with Gasteiger partial charge in [-0.05, 0) is 44.6 Å². The van der Waals surface area contributed by atoms with Gasteiger partial charge < -0.3 is 4.74 Å². The van der Waals surface area contributed by atoms with Crippen LogP contribution in [0.5, 0.6) is 0 Å². The van der Waals surface area contributed by atoms with Crippen LogP contribution in [0.3, 0.4) is 0 Å². The molecular formula is C15H17F6FeO2P+. The molecule has 10 heteroatoms. The minimum absolute atomic E-state index is 0. The molecule has 1 aromatic rings. The van der Waals surface area contributed by atoms with E-state index in [2.05, 4.69) is 0 Å². The molecule has 0 N–H and O–H groups in total. The molecule has 0 aliphatic heterocycles. The van der Waals surface area contributed by atoms with Crippen LogP contribution in [-0.2, 0) is 33.0 Å². The monoisotopic (exact) mass is 430 g/mol. The van der Waals surface area contributed by atoms with Crippen LogP contribution in [0.4, 0.5) is 25.2 Å². The average Bonchev–Trinajstić information content (AvgIpc) is 2.95. The number of halogens is 6. The van der Waals surface area contributed by atoms with Crippen LogP contribution in [0.1, 0.15) is 12.5 Å². The smallest absolute Gasteiger partial charge is 0.0312 e. The van der Waals surface area contributed by atoms with Gasteiger partial charge in [-0.1, -0.05) is 30.3 Å². The second kappa shape index (κ2) is 10.4. The molecular weight excluding hydrogens is 413 g/mol. The number of benzene rings is 1. The number of ether oxygens (including phenoxy) is 1. The topological polar surface area (TPSA) is 26.3 Å². The molecule has 1 aliphatic rings. The second-order valence-electron chi connectivity index (χ2n) is 4.39. The van der Waals surface area contributed by atoms with E-state index in [1.54, 1.807) is 0 Å². The number of hydrogen-bond donors (Lipinski definition) is 0.